The average molecular weight is 431 g/mol. The molecule has 0 spiro atoms. The molecule has 1 amide bonds. The van der Waals surface area contributed by atoms with E-state index in [2.05, 4.69) is 5.32 Å². The number of benzene rings is 4. The summed E-state index contributed by atoms with van der Waals surface area (Å²) in [4.78, 5) is 13.0. The molecule has 4 aromatic carbocycles. The quantitative estimate of drug-likeness (QED) is 0.469. The number of anilines is 2. The molecule has 0 atom stereocenters. The topological polar surface area (TPSA) is 66.5 Å². The number of hydrogen-bond acceptors (Lipinski definition) is 3. The number of nitrogens with zero attached hydrogens (tertiary/aromatic N) is 1. The van der Waals surface area contributed by atoms with E-state index in [4.69, 9.17) is 0 Å². The van der Waals surface area contributed by atoms with Gasteiger partial charge in [-0.3, -0.25) is 9.10 Å². The van der Waals surface area contributed by atoms with Crippen molar-refractivity contribution in [2.75, 3.05) is 16.2 Å². The molecule has 6 heteroatoms. The van der Waals surface area contributed by atoms with Gasteiger partial charge < -0.3 is 5.32 Å². The minimum absolute atomic E-state index is 0.139. The van der Waals surface area contributed by atoms with E-state index in [1.807, 2.05) is 49.4 Å². The highest BCUT2D eigenvalue weighted by atomic mass is 32.2. The zero-order valence-corrected chi connectivity index (χ0v) is 17.8. The van der Waals surface area contributed by atoms with Crippen molar-refractivity contribution in [3.05, 3.63) is 103 Å². The first kappa shape index (κ1) is 20.6. The first-order valence-corrected chi connectivity index (χ1v) is 11.3. The van der Waals surface area contributed by atoms with Gasteiger partial charge in [-0.2, -0.15) is 0 Å². The fourth-order valence-corrected chi connectivity index (χ4v) is 4.77. The van der Waals surface area contributed by atoms with Crippen LogP contribution in [-0.4, -0.2) is 20.9 Å². The number of amides is 1. The first-order valence-electron chi connectivity index (χ1n) is 9.86. The zero-order valence-electron chi connectivity index (χ0n) is 17.0. The molecule has 4 aromatic rings. The summed E-state index contributed by atoms with van der Waals surface area (Å²) >= 11 is 0. The fourth-order valence-electron chi connectivity index (χ4n) is 3.34. The van der Waals surface area contributed by atoms with Gasteiger partial charge in [0.2, 0.25) is 5.91 Å². The van der Waals surface area contributed by atoms with Crippen LogP contribution in [0.5, 0.6) is 0 Å². The first-order chi connectivity index (χ1) is 14.9. The summed E-state index contributed by atoms with van der Waals surface area (Å²) in [5.74, 6) is -0.421. The van der Waals surface area contributed by atoms with E-state index in [0.717, 1.165) is 20.6 Å². The summed E-state index contributed by atoms with van der Waals surface area (Å²) in [5, 5.41) is 4.88. The molecule has 0 saturated carbocycles. The summed E-state index contributed by atoms with van der Waals surface area (Å²) in [5.41, 5.74) is 2.00. The molecule has 0 radical (unpaired) electrons. The molecule has 0 fully saturated rings. The molecule has 0 aliphatic heterocycles. The highest BCUT2D eigenvalue weighted by Crippen LogP contribution is 2.24. The normalized spacial score (nSPS) is 11.3. The third-order valence-corrected chi connectivity index (χ3v) is 6.76. The molecule has 0 heterocycles. The molecule has 5 nitrogen and oxygen atoms in total. The number of carbonyl (C=O) groups excluding carboxylic acids is 1. The fraction of sp³-hybridized carbons (Fsp3) is 0.0800. The van der Waals surface area contributed by atoms with Crippen LogP contribution in [0.25, 0.3) is 10.8 Å². The van der Waals surface area contributed by atoms with Gasteiger partial charge >= 0.3 is 0 Å². The van der Waals surface area contributed by atoms with Gasteiger partial charge in [0.1, 0.15) is 6.54 Å². The zero-order chi connectivity index (χ0) is 21.8. The number of aryl methyl sites for hydroxylation is 1. The van der Waals surface area contributed by atoms with Crippen LogP contribution < -0.4 is 9.62 Å². The lowest BCUT2D eigenvalue weighted by molar-refractivity contribution is -0.114. The Balaban J connectivity index is 1.62. The molecule has 0 saturated heterocycles. The molecule has 1 N–H and O–H groups in total. The van der Waals surface area contributed by atoms with Gasteiger partial charge in [0.05, 0.1) is 10.6 Å². The second kappa shape index (κ2) is 8.62. The van der Waals surface area contributed by atoms with Gasteiger partial charge in [-0.1, -0.05) is 66.2 Å². The molecular formula is C25H22N2O3S. The lowest BCUT2D eigenvalue weighted by Gasteiger charge is -2.24. The number of nitrogens with one attached hydrogen (secondary N) is 1. The van der Waals surface area contributed by atoms with E-state index in [1.165, 1.54) is 0 Å². The Labute approximate surface area is 182 Å². The van der Waals surface area contributed by atoms with Crippen LogP contribution in [0.2, 0.25) is 0 Å². The monoisotopic (exact) mass is 430 g/mol. The van der Waals surface area contributed by atoms with Gasteiger partial charge in [-0.05, 0) is 54.1 Å². The Morgan fingerprint density at radius 3 is 2.16 bits per heavy atom. The van der Waals surface area contributed by atoms with Crippen molar-refractivity contribution in [2.24, 2.45) is 0 Å². The third kappa shape index (κ3) is 4.59. The van der Waals surface area contributed by atoms with E-state index in [0.29, 0.717) is 11.4 Å². The van der Waals surface area contributed by atoms with Crippen LogP contribution in [0.15, 0.2) is 102 Å². The van der Waals surface area contributed by atoms with Crippen molar-refractivity contribution in [3.63, 3.8) is 0 Å². The second-order valence-electron chi connectivity index (χ2n) is 7.27. The maximum Gasteiger partial charge on any atom is 0.264 e. The Hall–Kier alpha value is -3.64. The molecule has 0 unspecified atom stereocenters. The number of sulfonamides is 1. The van der Waals surface area contributed by atoms with Crippen LogP contribution in [0.4, 0.5) is 11.4 Å². The number of carbonyl (C=O) groups is 1. The number of fused-ring (bicyclic) bond motifs is 1. The van der Waals surface area contributed by atoms with Gasteiger partial charge in [0, 0.05) is 5.69 Å². The number of hydrogen-bond donors (Lipinski definition) is 1. The Morgan fingerprint density at radius 2 is 1.45 bits per heavy atom. The van der Waals surface area contributed by atoms with Crippen molar-refractivity contribution in [1.82, 2.24) is 0 Å². The lowest BCUT2D eigenvalue weighted by atomic mass is 10.1. The predicted molar refractivity (Wildman–Crippen MR) is 125 cm³/mol. The second-order valence-corrected chi connectivity index (χ2v) is 9.13. The molecule has 31 heavy (non-hydrogen) atoms. The molecule has 156 valence electrons. The van der Waals surface area contributed by atoms with Crippen LogP contribution in [0.1, 0.15) is 5.56 Å². The summed E-state index contributed by atoms with van der Waals surface area (Å²) in [7, 11) is -3.92. The number of rotatable bonds is 6. The smallest absolute Gasteiger partial charge is 0.264 e. The Bertz CT molecular complexity index is 1320. The van der Waals surface area contributed by atoms with Crippen molar-refractivity contribution < 1.29 is 13.2 Å². The van der Waals surface area contributed by atoms with Crippen molar-refractivity contribution in [1.29, 1.82) is 0 Å². The summed E-state index contributed by atoms with van der Waals surface area (Å²) in [6, 6.07) is 28.7. The van der Waals surface area contributed by atoms with Crippen LogP contribution in [0.3, 0.4) is 0 Å². The molecule has 0 aromatic heterocycles. The Morgan fingerprint density at radius 1 is 0.806 bits per heavy atom. The minimum Gasteiger partial charge on any atom is -0.324 e. The molecule has 0 aliphatic rings. The maximum atomic E-state index is 13.4. The standard InChI is InChI=1S/C25H22N2O3S/c1-19-11-15-24(16-12-19)31(29,30)27(23-9-3-2-4-10-23)18-25(28)26-22-14-13-20-7-5-6-8-21(20)17-22/h2-17H,18H2,1H3,(H,26,28). The SMILES string of the molecule is Cc1ccc(S(=O)(=O)N(CC(=O)Nc2ccc3ccccc3c2)c2ccccc2)cc1. The van der Waals surface area contributed by atoms with Crippen molar-refractivity contribution in [3.8, 4) is 0 Å². The van der Waals surface area contributed by atoms with E-state index in [1.54, 1.807) is 54.6 Å². The summed E-state index contributed by atoms with van der Waals surface area (Å²) in [6.07, 6.45) is 0. The predicted octanol–water partition coefficient (Wildman–Crippen LogP) is 4.98. The van der Waals surface area contributed by atoms with Crippen LogP contribution in [0, 0.1) is 6.92 Å². The largest absolute Gasteiger partial charge is 0.324 e. The average Bonchev–Trinajstić information content (AvgIpc) is 2.78. The van der Waals surface area contributed by atoms with E-state index in [-0.39, 0.29) is 11.4 Å². The highest BCUT2D eigenvalue weighted by Gasteiger charge is 2.27. The molecule has 0 aliphatic carbocycles. The maximum absolute atomic E-state index is 13.4. The van der Waals surface area contributed by atoms with E-state index in [9.17, 15) is 13.2 Å². The molecule has 0 bridgehead atoms. The molecule has 4 rings (SSSR count). The van der Waals surface area contributed by atoms with Gasteiger partial charge in [-0.25, -0.2) is 8.42 Å². The van der Waals surface area contributed by atoms with Crippen molar-refractivity contribution in [2.45, 2.75) is 11.8 Å². The van der Waals surface area contributed by atoms with Crippen LogP contribution in [-0.2, 0) is 14.8 Å². The lowest BCUT2D eigenvalue weighted by Crippen LogP contribution is -2.38. The Kier molecular flexibility index (Phi) is 5.73. The van der Waals surface area contributed by atoms with E-state index < -0.39 is 15.9 Å². The minimum atomic E-state index is -3.92. The summed E-state index contributed by atoms with van der Waals surface area (Å²) < 4.78 is 27.8. The molecular weight excluding hydrogens is 408 g/mol. The number of para-hydroxylation sites is 1. The van der Waals surface area contributed by atoms with E-state index >= 15 is 0 Å². The van der Waals surface area contributed by atoms with Gasteiger partial charge in [-0.15, -0.1) is 0 Å². The van der Waals surface area contributed by atoms with Gasteiger partial charge in [0.25, 0.3) is 10.0 Å². The van der Waals surface area contributed by atoms with Crippen LogP contribution >= 0.6 is 0 Å². The summed E-state index contributed by atoms with van der Waals surface area (Å²) in [6.45, 7) is 1.55. The highest BCUT2D eigenvalue weighted by molar-refractivity contribution is 7.92. The van der Waals surface area contributed by atoms with Crippen molar-refractivity contribution >= 4 is 38.1 Å². The van der Waals surface area contributed by atoms with Gasteiger partial charge in [0.15, 0.2) is 0 Å². The third-order valence-electron chi connectivity index (χ3n) is 4.97.